The number of aromatic nitrogens is 1. The van der Waals surface area contributed by atoms with Crippen LogP contribution in [0.5, 0.6) is 0 Å². The van der Waals surface area contributed by atoms with Crippen LogP contribution < -0.4 is 5.32 Å². The predicted molar refractivity (Wildman–Crippen MR) is 114 cm³/mol. The highest BCUT2D eigenvalue weighted by atomic mass is 16.7. The normalized spacial score (nSPS) is 13.1. The van der Waals surface area contributed by atoms with Crippen LogP contribution in [0.25, 0.3) is 10.9 Å². The average molecular weight is 418 g/mol. The number of hydrogen-bond donors (Lipinski definition) is 1. The summed E-state index contributed by atoms with van der Waals surface area (Å²) < 4.78 is 16.1. The fourth-order valence-electron chi connectivity index (χ4n) is 3.25. The maximum Gasteiger partial charge on any atom is 0.407 e. The first-order chi connectivity index (χ1) is 14.4. The summed E-state index contributed by atoms with van der Waals surface area (Å²) in [7, 11) is 1.26. The van der Waals surface area contributed by atoms with Crippen LogP contribution in [-0.2, 0) is 25.5 Å². The van der Waals surface area contributed by atoms with Crippen LogP contribution >= 0.6 is 0 Å². The van der Waals surface area contributed by atoms with Gasteiger partial charge >= 0.3 is 6.09 Å². The van der Waals surface area contributed by atoms with Crippen LogP contribution in [-0.4, -0.2) is 60.6 Å². The van der Waals surface area contributed by atoms with Gasteiger partial charge in [-0.05, 0) is 39.3 Å². The van der Waals surface area contributed by atoms with Gasteiger partial charge in [0, 0.05) is 31.3 Å². The number of hydrogen-bond acceptors (Lipinski definition) is 6. The van der Waals surface area contributed by atoms with Gasteiger partial charge < -0.3 is 24.4 Å². The zero-order chi connectivity index (χ0) is 22.1. The molecule has 0 bridgehead atoms. The molecule has 2 atom stereocenters. The quantitative estimate of drug-likeness (QED) is 0.598. The second kappa shape index (κ2) is 11.5. The van der Waals surface area contributed by atoms with Crippen LogP contribution in [0.1, 0.15) is 33.3 Å². The summed E-state index contributed by atoms with van der Waals surface area (Å²) in [4.78, 5) is 31.1. The number of alkyl carbamates (subject to hydrolysis) is 1. The van der Waals surface area contributed by atoms with E-state index in [1.54, 1.807) is 18.0 Å². The molecule has 2 rings (SSSR count). The molecule has 30 heavy (non-hydrogen) atoms. The number of benzene rings is 1. The van der Waals surface area contributed by atoms with Crippen molar-refractivity contribution in [3.63, 3.8) is 0 Å². The first-order valence-corrected chi connectivity index (χ1v) is 10.1. The molecule has 0 aliphatic heterocycles. The van der Waals surface area contributed by atoms with Gasteiger partial charge in [0.1, 0.15) is 6.04 Å². The molecule has 0 spiro atoms. The minimum absolute atomic E-state index is 0.273. The van der Waals surface area contributed by atoms with Crippen molar-refractivity contribution in [3.05, 3.63) is 42.1 Å². The van der Waals surface area contributed by atoms with E-state index in [9.17, 15) is 9.59 Å². The molecule has 1 aromatic carbocycles. The molecule has 0 radical (unpaired) electrons. The predicted octanol–water partition coefficient (Wildman–Crippen LogP) is 3.10. The van der Waals surface area contributed by atoms with Crippen molar-refractivity contribution in [2.75, 3.05) is 20.3 Å². The zero-order valence-electron chi connectivity index (χ0n) is 18.3. The van der Waals surface area contributed by atoms with E-state index in [1.807, 2.05) is 51.1 Å². The van der Waals surface area contributed by atoms with E-state index in [0.29, 0.717) is 13.2 Å². The Hall–Kier alpha value is -2.71. The van der Waals surface area contributed by atoms with E-state index in [4.69, 9.17) is 9.47 Å². The van der Waals surface area contributed by atoms with Crippen LogP contribution in [0.4, 0.5) is 4.79 Å². The number of carbonyl (C=O) groups excluding carboxylic acids is 2. The molecule has 2 amide bonds. The third kappa shape index (κ3) is 5.90. The molecular formula is C22H31N3O5. The molecule has 1 aromatic heterocycles. The Labute approximate surface area is 177 Å². The minimum Gasteiger partial charge on any atom is -0.453 e. The Morgan fingerprint density at radius 1 is 1.10 bits per heavy atom. The lowest BCUT2D eigenvalue weighted by Gasteiger charge is -2.36. The highest BCUT2D eigenvalue weighted by Crippen LogP contribution is 2.21. The summed E-state index contributed by atoms with van der Waals surface area (Å²) in [5.41, 5.74) is 1.72. The maximum absolute atomic E-state index is 13.3. The molecule has 0 aliphatic carbocycles. The van der Waals surface area contributed by atoms with Gasteiger partial charge in [0.2, 0.25) is 5.91 Å². The summed E-state index contributed by atoms with van der Waals surface area (Å²) in [6.45, 7) is 8.43. The van der Waals surface area contributed by atoms with E-state index in [-0.39, 0.29) is 12.5 Å². The third-order valence-electron chi connectivity index (χ3n) is 4.78. The highest BCUT2D eigenvalue weighted by Gasteiger charge is 2.32. The SMILES string of the molecule is CCOC(OCC)[C@H](C)N(Cc1cccc2cccnc12)C(=O)[C@H](C)NC(=O)OC. The van der Waals surface area contributed by atoms with E-state index in [0.717, 1.165) is 16.5 Å². The highest BCUT2D eigenvalue weighted by molar-refractivity contribution is 5.86. The van der Waals surface area contributed by atoms with E-state index >= 15 is 0 Å². The van der Waals surface area contributed by atoms with Crippen molar-refractivity contribution in [3.8, 4) is 0 Å². The van der Waals surface area contributed by atoms with Crippen molar-refractivity contribution in [1.29, 1.82) is 0 Å². The molecule has 0 aliphatic rings. The van der Waals surface area contributed by atoms with Crippen LogP contribution in [0.3, 0.4) is 0 Å². The number of carbonyl (C=O) groups is 2. The van der Waals surface area contributed by atoms with Crippen LogP contribution in [0.2, 0.25) is 0 Å². The first kappa shape index (κ1) is 23.6. The number of nitrogens with one attached hydrogen (secondary N) is 1. The van der Waals surface area contributed by atoms with Crippen molar-refractivity contribution in [2.45, 2.75) is 52.6 Å². The van der Waals surface area contributed by atoms with E-state index in [2.05, 4.69) is 15.0 Å². The van der Waals surface area contributed by atoms with Gasteiger partial charge in [-0.2, -0.15) is 0 Å². The van der Waals surface area contributed by atoms with Crippen molar-refractivity contribution < 1.29 is 23.8 Å². The fourth-order valence-corrected chi connectivity index (χ4v) is 3.25. The minimum atomic E-state index is -0.785. The van der Waals surface area contributed by atoms with Crippen LogP contribution in [0, 0.1) is 0 Å². The number of pyridine rings is 1. The average Bonchev–Trinajstić information content (AvgIpc) is 2.76. The maximum atomic E-state index is 13.3. The molecule has 8 nitrogen and oxygen atoms in total. The number of nitrogens with zero attached hydrogens (tertiary/aromatic N) is 2. The Balaban J connectivity index is 2.38. The molecule has 2 aromatic rings. The lowest BCUT2D eigenvalue weighted by molar-refractivity contribution is -0.179. The van der Waals surface area contributed by atoms with Gasteiger partial charge in [-0.1, -0.05) is 24.3 Å². The molecule has 1 N–H and O–H groups in total. The molecule has 1 heterocycles. The summed E-state index contributed by atoms with van der Waals surface area (Å²) >= 11 is 0. The number of methoxy groups -OCH3 is 1. The van der Waals surface area contributed by atoms with Gasteiger partial charge in [-0.25, -0.2) is 4.79 Å². The molecule has 8 heteroatoms. The Bertz CT molecular complexity index is 833. The number of fused-ring (bicyclic) bond motifs is 1. The van der Waals surface area contributed by atoms with E-state index in [1.165, 1.54) is 7.11 Å². The molecule has 0 fully saturated rings. The number of ether oxygens (including phenoxy) is 3. The summed E-state index contributed by atoms with van der Waals surface area (Å²) in [6.07, 6.45) is 0.463. The molecule has 0 saturated carbocycles. The third-order valence-corrected chi connectivity index (χ3v) is 4.78. The lowest BCUT2D eigenvalue weighted by atomic mass is 10.1. The topological polar surface area (TPSA) is 90.0 Å². The second-order valence-corrected chi connectivity index (χ2v) is 6.84. The standard InChI is InChI=1S/C22H31N3O5/c1-6-29-21(30-7-2)16(4)25(20(26)15(3)24-22(27)28-5)14-18-11-8-10-17-12-9-13-23-19(17)18/h8-13,15-16,21H,6-7,14H2,1-5H3,(H,24,27)/t15-,16-/m0/s1. The number of para-hydroxylation sites is 1. The van der Waals surface area contributed by atoms with Gasteiger partial charge in [0.05, 0.1) is 18.7 Å². The number of amides is 2. The Morgan fingerprint density at radius 3 is 2.40 bits per heavy atom. The van der Waals surface area contributed by atoms with Gasteiger partial charge in [-0.15, -0.1) is 0 Å². The largest absolute Gasteiger partial charge is 0.453 e. The van der Waals surface area contributed by atoms with Crippen LogP contribution in [0.15, 0.2) is 36.5 Å². The monoisotopic (exact) mass is 417 g/mol. The fraction of sp³-hybridized carbons (Fsp3) is 0.500. The van der Waals surface area contributed by atoms with E-state index < -0.39 is 24.5 Å². The summed E-state index contributed by atoms with van der Waals surface area (Å²) in [5, 5.41) is 3.53. The Morgan fingerprint density at radius 2 is 1.77 bits per heavy atom. The second-order valence-electron chi connectivity index (χ2n) is 6.84. The molecule has 164 valence electrons. The number of rotatable bonds is 10. The van der Waals surface area contributed by atoms with Crippen molar-refractivity contribution in [1.82, 2.24) is 15.2 Å². The lowest BCUT2D eigenvalue weighted by Crippen LogP contribution is -2.53. The first-order valence-electron chi connectivity index (χ1n) is 10.1. The van der Waals surface area contributed by atoms with Gasteiger partial charge in [-0.3, -0.25) is 9.78 Å². The van der Waals surface area contributed by atoms with Gasteiger partial charge in [0.15, 0.2) is 6.29 Å². The smallest absolute Gasteiger partial charge is 0.407 e. The zero-order valence-corrected chi connectivity index (χ0v) is 18.3. The molecule has 0 saturated heterocycles. The molecule has 0 unspecified atom stereocenters. The molecular weight excluding hydrogens is 386 g/mol. The Kier molecular flexibility index (Phi) is 9.01. The van der Waals surface area contributed by atoms with Gasteiger partial charge in [0.25, 0.3) is 0 Å². The van der Waals surface area contributed by atoms with Crippen molar-refractivity contribution >= 4 is 22.9 Å². The summed E-state index contributed by atoms with van der Waals surface area (Å²) in [5.74, 6) is -0.273. The van der Waals surface area contributed by atoms with Crippen molar-refractivity contribution in [2.24, 2.45) is 0 Å². The summed E-state index contributed by atoms with van der Waals surface area (Å²) in [6, 6.07) is 8.52.